The van der Waals surface area contributed by atoms with Gasteiger partial charge < -0.3 is 14.8 Å². The molecule has 1 aromatic heterocycles. The van der Waals surface area contributed by atoms with E-state index in [1.54, 1.807) is 62.8 Å². The van der Waals surface area contributed by atoms with Crippen LogP contribution in [0.5, 0.6) is 11.5 Å². The van der Waals surface area contributed by atoms with E-state index in [1.165, 1.54) is 16.3 Å². The van der Waals surface area contributed by atoms with E-state index in [0.29, 0.717) is 44.8 Å². The molecule has 0 unspecified atom stereocenters. The van der Waals surface area contributed by atoms with Crippen molar-refractivity contribution in [2.75, 3.05) is 20.0 Å². The number of thioether (sulfide) groups is 1. The van der Waals surface area contributed by atoms with Gasteiger partial charge in [0.25, 0.3) is 5.56 Å². The number of nitrogens with zero attached hydrogens (tertiary/aromatic N) is 2. The van der Waals surface area contributed by atoms with Crippen LogP contribution in [0.1, 0.15) is 5.56 Å². The number of hydrogen-bond acceptors (Lipinski definition) is 6. The van der Waals surface area contributed by atoms with Crippen molar-refractivity contribution in [3.63, 3.8) is 0 Å². The highest BCUT2D eigenvalue weighted by molar-refractivity contribution is 7.99. The second kappa shape index (κ2) is 10.6. The lowest BCUT2D eigenvalue weighted by Crippen LogP contribution is -2.26. The Bertz CT molecular complexity index is 1410. The number of hydrogen-bond donors (Lipinski definition) is 1. The van der Waals surface area contributed by atoms with Gasteiger partial charge in [0, 0.05) is 6.54 Å². The Labute approximate surface area is 205 Å². The molecule has 0 saturated heterocycles. The molecule has 9 heteroatoms. The van der Waals surface area contributed by atoms with Gasteiger partial charge in [0.2, 0.25) is 5.91 Å². The Hall–Kier alpha value is -3.49. The Morgan fingerprint density at radius 3 is 2.53 bits per heavy atom. The van der Waals surface area contributed by atoms with Crippen LogP contribution in [0.2, 0.25) is 5.02 Å². The van der Waals surface area contributed by atoms with Crippen LogP contribution in [0, 0.1) is 0 Å². The van der Waals surface area contributed by atoms with Crippen LogP contribution < -0.4 is 20.3 Å². The molecule has 0 atom stereocenters. The van der Waals surface area contributed by atoms with Gasteiger partial charge in [0.15, 0.2) is 16.7 Å². The monoisotopic (exact) mass is 495 g/mol. The molecule has 4 rings (SSSR count). The fourth-order valence-corrected chi connectivity index (χ4v) is 4.48. The van der Waals surface area contributed by atoms with Crippen molar-refractivity contribution in [2.24, 2.45) is 0 Å². The lowest BCUT2D eigenvalue weighted by atomic mass is 10.2. The molecule has 4 aromatic rings. The van der Waals surface area contributed by atoms with Crippen LogP contribution in [0.3, 0.4) is 0 Å². The van der Waals surface area contributed by atoms with Gasteiger partial charge in [-0.2, -0.15) is 0 Å². The average Bonchev–Trinajstić information content (AvgIpc) is 2.86. The first-order valence-electron chi connectivity index (χ1n) is 10.4. The van der Waals surface area contributed by atoms with Crippen LogP contribution in [0.4, 0.5) is 0 Å². The summed E-state index contributed by atoms with van der Waals surface area (Å²) in [4.78, 5) is 30.5. The summed E-state index contributed by atoms with van der Waals surface area (Å²) in [6.45, 7) is 0.322. The zero-order valence-corrected chi connectivity index (χ0v) is 20.2. The second-order valence-corrected chi connectivity index (χ2v) is 8.61. The largest absolute Gasteiger partial charge is 0.493 e. The standard InChI is InChI=1S/C25H22ClN3O4S/c1-32-21-12-11-16(13-22(21)33-2)14-27-23(30)15-34-25-28-19-9-5-3-7-17(19)24(31)29(25)20-10-6-4-8-18(20)26/h3-13H,14-15H2,1-2H3,(H,27,30). The highest BCUT2D eigenvalue weighted by atomic mass is 35.5. The number of ether oxygens (including phenoxy) is 2. The number of rotatable bonds is 8. The van der Waals surface area contributed by atoms with E-state index in [4.69, 9.17) is 21.1 Å². The molecule has 0 aliphatic heterocycles. The topological polar surface area (TPSA) is 82.5 Å². The molecule has 1 amide bonds. The van der Waals surface area contributed by atoms with Crippen molar-refractivity contribution in [1.29, 1.82) is 0 Å². The normalized spacial score (nSPS) is 10.8. The number of para-hydroxylation sites is 2. The molecule has 0 spiro atoms. The minimum atomic E-state index is -0.244. The molecule has 0 aliphatic rings. The molecular formula is C25H22ClN3O4S. The molecule has 0 radical (unpaired) electrons. The quantitative estimate of drug-likeness (QED) is 0.287. The Morgan fingerprint density at radius 1 is 1.03 bits per heavy atom. The molecule has 0 aliphatic carbocycles. The van der Waals surface area contributed by atoms with Crippen LogP contribution in [0.15, 0.2) is 76.7 Å². The first-order chi connectivity index (χ1) is 16.5. The molecule has 174 valence electrons. The van der Waals surface area contributed by atoms with Gasteiger partial charge in [0.05, 0.1) is 41.6 Å². The van der Waals surface area contributed by atoms with Crippen molar-refractivity contribution in [1.82, 2.24) is 14.9 Å². The van der Waals surface area contributed by atoms with E-state index in [2.05, 4.69) is 10.3 Å². The number of halogens is 1. The predicted molar refractivity (Wildman–Crippen MR) is 134 cm³/mol. The molecule has 1 N–H and O–H groups in total. The van der Waals surface area contributed by atoms with E-state index in [-0.39, 0.29) is 17.2 Å². The van der Waals surface area contributed by atoms with Gasteiger partial charge in [-0.1, -0.05) is 53.7 Å². The maximum absolute atomic E-state index is 13.3. The molecule has 3 aromatic carbocycles. The van der Waals surface area contributed by atoms with E-state index >= 15 is 0 Å². The maximum Gasteiger partial charge on any atom is 0.266 e. The zero-order chi connectivity index (χ0) is 24.1. The van der Waals surface area contributed by atoms with Gasteiger partial charge in [0.1, 0.15) is 0 Å². The lowest BCUT2D eigenvalue weighted by molar-refractivity contribution is -0.118. The SMILES string of the molecule is COc1ccc(CNC(=O)CSc2nc3ccccc3c(=O)n2-c2ccccc2Cl)cc1OC. The van der Waals surface area contributed by atoms with E-state index in [9.17, 15) is 9.59 Å². The summed E-state index contributed by atoms with van der Waals surface area (Å²) in [5, 5.41) is 4.16. The number of amides is 1. The maximum atomic E-state index is 13.3. The van der Waals surface area contributed by atoms with Crippen molar-refractivity contribution in [2.45, 2.75) is 11.7 Å². The zero-order valence-electron chi connectivity index (χ0n) is 18.6. The highest BCUT2D eigenvalue weighted by Gasteiger charge is 2.16. The highest BCUT2D eigenvalue weighted by Crippen LogP contribution is 2.28. The summed E-state index contributed by atoms with van der Waals surface area (Å²) in [5.41, 5.74) is 1.70. The van der Waals surface area contributed by atoms with Crippen molar-refractivity contribution in [3.05, 3.63) is 87.7 Å². The summed E-state index contributed by atoms with van der Waals surface area (Å²) >= 11 is 7.56. The van der Waals surface area contributed by atoms with Crippen molar-refractivity contribution in [3.8, 4) is 17.2 Å². The first-order valence-corrected chi connectivity index (χ1v) is 11.7. The number of carbonyl (C=O) groups is 1. The number of carbonyl (C=O) groups excluding carboxylic acids is 1. The molecule has 34 heavy (non-hydrogen) atoms. The molecular weight excluding hydrogens is 474 g/mol. The van der Waals surface area contributed by atoms with Crippen LogP contribution in [-0.2, 0) is 11.3 Å². The Balaban J connectivity index is 1.55. The summed E-state index contributed by atoms with van der Waals surface area (Å²) in [6, 6.07) is 19.6. The summed E-state index contributed by atoms with van der Waals surface area (Å²) in [6.07, 6.45) is 0. The number of aromatic nitrogens is 2. The van der Waals surface area contributed by atoms with E-state index in [1.807, 2.05) is 18.2 Å². The second-order valence-electron chi connectivity index (χ2n) is 7.26. The molecule has 0 saturated carbocycles. The lowest BCUT2D eigenvalue weighted by Gasteiger charge is -2.14. The third kappa shape index (κ3) is 5.03. The first kappa shape index (κ1) is 23.7. The third-order valence-electron chi connectivity index (χ3n) is 5.11. The molecule has 1 heterocycles. The van der Waals surface area contributed by atoms with E-state index < -0.39 is 0 Å². The van der Waals surface area contributed by atoms with Crippen LogP contribution >= 0.6 is 23.4 Å². The van der Waals surface area contributed by atoms with Gasteiger partial charge in [-0.05, 0) is 42.0 Å². The predicted octanol–water partition coefficient (Wildman–Crippen LogP) is 4.46. The number of nitrogens with one attached hydrogen (secondary N) is 1. The minimum Gasteiger partial charge on any atom is -0.493 e. The third-order valence-corrected chi connectivity index (χ3v) is 6.37. The molecule has 0 fully saturated rings. The van der Waals surface area contributed by atoms with Gasteiger partial charge in [-0.15, -0.1) is 0 Å². The fourth-order valence-electron chi connectivity index (χ4n) is 3.43. The summed E-state index contributed by atoms with van der Waals surface area (Å²) in [5.74, 6) is 1.08. The average molecular weight is 496 g/mol. The van der Waals surface area contributed by atoms with Crippen molar-refractivity contribution >= 4 is 40.2 Å². The van der Waals surface area contributed by atoms with Gasteiger partial charge in [-0.3, -0.25) is 14.2 Å². The van der Waals surface area contributed by atoms with E-state index in [0.717, 1.165) is 5.56 Å². The molecule has 7 nitrogen and oxygen atoms in total. The van der Waals surface area contributed by atoms with Crippen LogP contribution in [0.25, 0.3) is 16.6 Å². The smallest absolute Gasteiger partial charge is 0.266 e. The Kier molecular flexibility index (Phi) is 7.40. The summed E-state index contributed by atoms with van der Waals surface area (Å²) in [7, 11) is 3.13. The van der Waals surface area contributed by atoms with Crippen molar-refractivity contribution < 1.29 is 14.3 Å². The Morgan fingerprint density at radius 2 is 1.76 bits per heavy atom. The summed E-state index contributed by atoms with van der Waals surface area (Å²) < 4.78 is 12.0. The number of fused-ring (bicyclic) bond motifs is 1. The fraction of sp³-hybridized carbons (Fsp3) is 0.160. The van der Waals surface area contributed by atoms with Gasteiger partial charge in [-0.25, -0.2) is 4.98 Å². The number of benzene rings is 3. The molecule has 0 bridgehead atoms. The van der Waals surface area contributed by atoms with Crippen LogP contribution in [-0.4, -0.2) is 35.4 Å². The number of methoxy groups -OCH3 is 2. The minimum absolute atomic E-state index is 0.0719. The van der Waals surface area contributed by atoms with Gasteiger partial charge >= 0.3 is 0 Å².